The Morgan fingerprint density at radius 3 is 3.05 bits per heavy atom. The predicted octanol–water partition coefficient (Wildman–Crippen LogP) is 3.40. The average Bonchev–Trinajstić information content (AvgIpc) is 2.46. The van der Waals surface area contributed by atoms with E-state index in [0.717, 1.165) is 19.6 Å². The molecule has 102 valence electrons. The lowest BCUT2D eigenvalue weighted by Crippen LogP contribution is -2.31. The Morgan fingerprint density at radius 2 is 2.21 bits per heavy atom. The van der Waals surface area contributed by atoms with Crippen LogP contribution in [0.1, 0.15) is 31.7 Å². The van der Waals surface area contributed by atoms with Crippen LogP contribution in [0.4, 0.5) is 11.4 Å². The fourth-order valence-corrected chi connectivity index (χ4v) is 2.90. The maximum atomic E-state index is 3.47. The Labute approximate surface area is 115 Å². The molecule has 1 saturated heterocycles. The summed E-state index contributed by atoms with van der Waals surface area (Å²) >= 11 is 0. The number of nitrogens with one attached hydrogen (secondary N) is 1. The minimum Gasteiger partial charge on any atom is -0.358 e. The minimum absolute atomic E-state index is 1.02. The molecule has 2 aliphatic heterocycles. The molecule has 2 aliphatic rings. The van der Waals surface area contributed by atoms with E-state index in [-0.39, 0.29) is 0 Å². The molecule has 1 fully saturated rings. The molecule has 0 saturated carbocycles. The number of anilines is 2. The first kappa shape index (κ1) is 12.5. The van der Waals surface area contributed by atoms with Gasteiger partial charge in [0, 0.05) is 25.0 Å². The third-order valence-corrected chi connectivity index (χ3v) is 4.15. The van der Waals surface area contributed by atoms with Gasteiger partial charge in [-0.15, -0.1) is 0 Å². The number of fused-ring (bicyclic) bond motifs is 3. The van der Waals surface area contributed by atoms with Crippen LogP contribution in [0.2, 0.25) is 0 Å². The molecular formula is C16H23N3. The van der Waals surface area contributed by atoms with Crippen LogP contribution in [0.25, 0.3) is 0 Å². The van der Waals surface area contributed by atoms with E-state index in [0.29, 0.717) is 0 Å². The van der Waals surface area contributed by atoms with Crippen molar-refractivity contribution in [2.45, 2.75) is 32.7 Å². The second kappa shape index (κ2) is 5.25. The number of hydrogen-bond acceptors (Lipinski definition) is 3. The molecule has 2 heterocycles. The van der Waals surface area contributed by atoms with Crippen molar-refractivity contribution in [1.29, 1.82) is 0 Å². The fourth-order valence-electron chi connectivity index (χ4n) is 2.90. The van der Waals surface area contributed by atoms with Crippen LogP contribution in [0.5, 0.6) is 0 Å². The van der Waals surface area contributed by atoms with E-state index < -0.39 is 0 Å². The summed E-state index contributed by atoms with van der Waals surface area (Å²) in [6.07, 6.45) is 6.01. The van der Waals surface area contributed by atoms with Crippen LogP contribution in [0.15, 0.2) is 30.1 Å². The summed E-state index contributed by atoms with van der Waals surface area (Å²) in [5.41, 5.74) is 5.43. The molecule has 0 amide bonds. The molecule has 0 bridgehead atoms. The molecule has 0 radical (unpaired) electrons. The van der Waals surface area contributed by atoms with Gasteiger partial charge in [0.05, 0.1) is 11.4 Å². The average molecular weight is 257 g/mol. The largest absolute Gasteiger partial charge is 0.358 e. The Kier molecular flexibility index (Phi) is 3.47. The maximum Gasteiger partial charge on any atom is 0.0648 e. The molecule has 1 N–H and O–H groups in total. The molecule has 0 aliphatic carbocycles. The molecule has 1 aromatic rings. The van der Waals surface area contributed by atoms with Crippen LogP contribution in [-0.2, 0) is 6.54 Å². The standard InChI is InChI=1S/C16H23N3/c1-3-18(2)12-13-7-8-16-15(10-13)17-11-14-6-4-5-9-19(14)16/h7-8,10-11,17H,3-6,9,12H2,1-2H3. The van der Waals surface area contributed by atoms with Crippen LogP contribution < -0.4 is 10.2 Å². The molecule has 19 heavy (non-hydrogen) atoms. The van der Waals surface area contributed by atoms with Crippen molar-refractivity contribution in [2.75, 3.05) is 30.4 Å². The molecule has 3 nitrogen and oxygen atoms in total. The molecule has 0 aromatic heterocycles. The number of rotatable bonds is 3. The topological polar surface area (TPSA) is 18.5 Å². The summed E-state index contributed by atoms with van der Waals surface area (Å²) in [7, 11) is 2.16. The van der Waals surface area contributed by atoms with E-state index in [1.165, 1.54) is 41.9 Å². The van der Waals surface area contributed by atoms with E-state index in [1.807, 2.05) is 0 Å². The predicted molar refractivity (Wildman–Crippen MR) is 81.4 cm³/mol. The van der Waals surface area contributed by atoms with Gasteiger partial charge in [-0.25, -0.2) is 0 Å². The molecular weight excluding hydrogens is 234 g/mol. The SMILES string of the molecule is CCN(C)Cc1ccc2c(c1)NC=C1CCCCN12. The smallest absolute Gasteiger partial charge is 0.0648 e. The Balaban J connectivity index is 1.84. The second-order valence-electron chi connectivity index (χ2n) is 5.57. The zero-order valence-electron chi connectivity index (χ0n) is 11.9. The van der Waals surface area contributed by atoms with Gasteiger partial charge in [0.2, 0.25) is 0 Å². The summed E-state index contributed by atoms with van der Waals surface area (Å²) in [5.74, 6) is 0. The first-order chi connectivity index (χ1) is 9.28. The lowest BCUT2D eigenvalue weighted by Gasteiger charge is -2.36. The van der Waals surface area contributed by atoms with Gasteiger partial charge in [-0.05, 0) is 50.6 Å². The van der Waals surface area contributed by atoms with E-state index >= 15 is 0 Å². The van der Waals surface area contributed by atoms with E-state index in [1.54, 1.807) is 0 Å². The summed E-state index contributed by atoms with van der Waals surface area (Å²) < 4.78 is 0. The van der Waals surface area contributed by atoms with Crippen molar-refractivity contribution in [3.63, 3.8) is 0 Å². The highest BCUT2D eigenvalue weighted by atomic mass is 15.2. The summed E-state index contributed by atoms with van der Waals surface area (Å²) in [5, 5.41) is 3.47. The van der Waals surface area contributed by atoms with Gasteiger partial charge in [-0.3, -0.25) is 0 Å². The van der Waals surface area contributed by atoms with Gasteiger partial charge in [-0.1, -0.05) is 13.0 Å². The third kappa shape index (κ3) is 2.47. The Morgan fingerprint density at radius 1 is 1.32 bits per heavy atom. The van der Waals surface area contributed by atoms with Crippen molar-refractivity contribution in [3.05, 3.63) is 35.7 Å². The minimum atomic E-state index is 1.02. The molecule has 0 atom stereocenters. The Hall–Kier alpha value is -1.48. The quantitative estimate of drug-likeness (QED) is 0.895. The van der Waals surface area contributed by atoms with Gasteiger partial charge in [0.1, 0.15) is 0 Å². The number of piperidine rings is 1. The normalized spacial score (nSPS) is 17.6. The van der Waals surface area contributed by atoms with Crippen molar-refractivity contribution >= 4 is 11.4 Å². The Bertz CT molecular complexity index is 493. The highest BCUT2D eigenvalue weighted by Gasteiger charge is 2.22. The van der Waals surface area contributed by atoms with Crippen LogP contribution >= 0.6 is 0 Å². The highest BCUT2D eigenvalue weighted by Crippen LogP contribution is 2.37. The molecule has 0 spiro atoms. The monoisotopic (exact) mass is 257 g/mol. The number of benzene rings is 1. The highest BCUT2D eigenvalue weighted by molar-refractivity contribution is 5.77. The lowest BCUT2D eigenvalue weighted by atomic mass is 10.0. The van der Waals surface area contributed by atoms with E-state index in [9.17, 15) is 0 Å². The third-order valence-electron chi connectivity index (χ3n) is 4.15. The van der Waals surface area contributed by atoms with Crippen LogP contribution in [0.3, 0.4) is 0 Å². The van der Waals surface area contributed by atoms with Crippen LogP contribution in [-0.4, -0.2) is 25.0 Å². The van der Waals surface area contributed by atoms with Crippen LogP contribution in [0, 0.1) is 0 Å². The zero-order valence-corrected chi connectivity index (χ0v) is 11.9. The van der Waals surface area contributed by atoms with E-state index in [4.69, 9.17) is 0 Å². The summed E-state index contributed by atoms with van der Waals surface area (Å²) in [6, 6.07) is 6.84. The van der Waals surface area contributed by atoms with Gasteiger partial charge in [-0.2, -0.15) is 0 Å². The molecule has 1 aromatic carbocycles. The first-order valence-electron chi connectivity index (χ1n) is 7.32. The number of allylic oxidation sites excluding steroid dienone is 1. The van der Waals surface area contributed by atoms with Gasteiger partial charge < -0.3 is 15.1 Å². The van der Waals surface area contributed by atoms with Crippen molar-refractivity contribution in [1.82, 2.24) is 4.90 Å². The van der Waals surface area contributed by atoms with Gasteiger partial charge in [0.25, 0.3) is 0 Å². The molecule has 3 rings (SSSR count). The molecule has 3 heteroatoms. The van der Waals surface area contributed by atoms with Gasteiger partial charge in [0.15, 0.2) is 0 Å². The molecule has 0 unspecified atom stereocenters. The second-order valence-corrected chi connectivity index (χ2v) is 5.57. The number of hydrogen-bond donors (Lipinski definition) is 1. The van der Waals surface area contributed by atoms with E-state index in [2.05, 4.69) is 53.5 Å². The van der Waals surface area contributed by atoms with Crippen molar-refractivity contribution in [2.24, 2.45) is 0 Å². The first-order valence-corrected chi connectivity index (χ1v) is 7.32. The lowest BCUT2D eigenvalue weighted by molar-refractivity contribution is 0.346. The van der Waals surface area contributed by atoms with Crippen molar-refractivity contribution in [3.8, 4) is 0 Å². The van der Waals surface area contributed by atoms with Gasteiger partial charge >= 0.3 is 0 Å². The summed E-state index contributed by atoms with van der Waals surface area (Å²) in [6.45, 7) is 5.46. The van der Waals surface area contributed by atoms with Crippen molar-refractivity contribution < 1.29 is 0 Å². The zero-order chi connectivity index (χ0) is 13.2. The number of nitrogens with zero attached hydrogens (tertiary/aromatic N) is 2. The maximum absolute atomic E-state index is 3.47. The summed E-state index contributed by atoms with van der Waals surface area (Å²) in [4.78, 5) is 4.80. The fraction of sp³-hybridized carbons (Fsp3) is 0.500.